The van der Waals surface area contributed by atoms with Crippen molar-refractivity contribution in [3.63, 3.8) is 0 Å². The van der Waals surface area contributed by atoms with Gasteiger partial charge in [0.05, 0.1) is 5.57 Å². The summed E-state index contributed by atoms with van der Waals surface area (Å²) in [6, 6.07) is 0. The standard InChI is InChI=1S/C9H16N2O3/c1-7(8(13)10-2)9(14)11-5-3-4-6-12/h12H,1,3-6H2,2H3,(H,10,13)(H,11,14). The lowest BCUT2D eigenvalue weighted by molar-refractivity contribution is -0.123. The normalized spacial score (nSPS) is 9.29. The van der Waals surface area contributed by atoms with Gasteiger partial charge in [-0.05, 0) is 12.8 Å². The van der Waals surface area contributed by atoms with Gasteiger partial charge in [-0.1, -0.05) is 6.58 Å². The van der Waals surface area contributed by atoms with Gasteiger partial charge in [0.25, 0.3) is 11.8 Å². The second-order valence-corrected chi connectivity index (χ2v) is 2.74. The van der Waals surface area contributed by atoms with Gasteiger partial charge in [-0.25, -0.2) is 0 Å². The van der Waals surface area contributed by atoms with E-state index in [1.54, 1.807) is 0 Å². The molecule has 0 saturated carbocycles. The average molecular weight is 200 g/mol. The summed E-state index contributed by atoms with van der Waals surface area (Å²) in [4.78, 5) is 22.1. The number of amides is 2. The molecule has 0 aromatic carbocycles. The molecule has 80 valence electrons. The minimum Gasteiger partial charge on any atom is -0.396 e. The molecule has 0 heterocycles. The summed E-state index contributed by atoms with van der Waals surface area (Å²) in [6.07, 6.45) is 1.32. The lowest BCUT2D eigenvalue weighted by Gasteiger charge is -2.05. The van der Waals surface area contributed by atoms with Crippen LogP contribution in [0.4, 0.5) is 0 Å². The van der Waals surface area contributed by atoms with Gasteiger partial charge in [0.15, 0.2) is 0 Å². The van der Waals surface area contributed by atoms with Crippen molar-refractivity contribution in [3.8, 4) is 0 Å². The van der Waals surface area contributed by atoms with Gasteiger partial charge < -0.3 is 15.7 Å². The quantitative estimate of drug-likeness (QED) is 0.227. The Morgan fingerprint density at radius 1 is 1.29 bits per heavy atom. The van der Waals surface area contributed by atoms with Crippen molar-refractivity contribution in [1.82, 2.24) is 10.6 Å². The molecule has 0 saturated heterocycles. The fraction of sp³-hybridized carbons (Fsp3) is 0.556. The second-order valence-electron chi connectivity index (χ2n) is 2.74. The number of likely N-dealkylation sites (N-methyl/N-ethyl adjacent to an activating group) is 1. The lowest BCUT2D eigenvalue weighted by atomic mass is 10.2. The summed E-state index contributed by atoms with van der Waals surface area (Å²) >= 11 is 0. The minimum atomic E-state index is -0.482. The largest absolute Gasteiger partial charge is 0.396 e. The maximum atomic E-state index is 11.2. The average Bonchev–Trinajstić information content (AvgIpc) is 2.21. The Morgan fingerprint density at radius 3 is 2.43 bits per heavy atom. The second kappa shape index (κ2) is 7.08. The van der Waals surface area contributed by atoms with Crippen LogP contribution in [0.25, 0.3) is 0 Å². The van der Waals surface area contributed by atoms with E-state index in [0.29, 0.717) is 19.4 Å². The van der Waals surface area contributed by atoms with Gasteiger partial charge in [0.2, 0.25) is 0 Å². The molecule has 0 aromatic rings. The minimum absolute atomic E-state index is 0.100. The van der Waals surface area contributed by atoms with Crippen LogP contribution in [-0.2, 0) is 9.59 Å². The molecule has 0 spiro atoms. The Bertz CT molecular complexity index is 226. The zero-order chi connectivity index (χ0) is 11.0. The highest BCUT2D eigenvalue weighted by Gasteiger charge is 2.12. The molecular formula is C9H16N2O3. The summed E-state index contributed by atoms with van der Waals surface area (Å²) < 4.78 is 0. The number of nitrogens with one attached hydrogen (secondary N) is 2. The number of unbranched alkanes of at least 4 members (excludes halogenated alkanes) is 1. The number of aliphatic hydroxyl groups excluding tert-OH is 1. The summed E-state index contributed by atoms with van der Waals surface area (Å²) in [5.41, 5.74) is -0.100. The van der Waals surface area contributed by atoms with Crippen LogP contribution in [-0.4, -0.2) is 37.1 Å². The van der Waals surface area contributed by atoms with Crippen LogP contribution < -0.4 is 10.6 Å². The maximum Gasteiger partial charge on any atom is 0.256 e. The molecule has 3 N–H and O–H groups in total. The SMILES string of the molecule is C=C(C(=O)NC)C(=O)NCCCCO. The molecule has 5 nitrogen and oxygen atoms in total. The monoisotopic (exact) mass is 200 g/mol. The lowest BCUT2D eigenvalue weighted by Crippen LogP contribution is -2.33. The zero-order valence-corrected chi connectivity index (χ0v) is 8.30. The van der Waals surface area contributed by atoms with Gasteiger partial charge in [0.1, 0.15) is 0 Å². The number of carbonyl (C=O) groups excluding carboxylic acids is 2. The fourth-order valence-corrected chi connectivity index (χ4v) is 0.799. The molecule has 0 bridgehead atoms. The van der Waals surface area contributed by atoms with Gasteiger partial charge in [-0.2, -0.15) is 0 Å². The van der Waals surface area contributed by atoms with E-state index in [-0.39, 0.29) is 12.2 Å². The topological polar surface area (TPSA) is 78.4 Å². The first-order chi connectivity index (χ1) is 6.63. The molecule has 0 aliphatic heterocycles. The highest BCUT2D eigenvalue weighted by Crippen LogP contribution is 1.91. The van der Waals surface area contributed by atoms with E-state index in [0.717, 1.165) is 0 Å². The summed E-state index contributed by atoms with van der Waals surface area (Å²) in [7, 11) is 1.44. The Morgan fingerprint density at radius 2 is 1.93 bits per heavy atom. The molecule has 14 heavy (non-hydrogen) atoms. The maximum absolute atomic E-state index is 11.2. The van der Waals surface area contributed by atoms with Crippen LogP contribution in [0.3, 0.4) is 0 Å². The molecule has 0 rings (SSSR count). The predicted octanol–water partition coefficient (Wildman–Crippen LogP) is -0.823. The van der Waals surface area contributed by atoms with Crippen molar-refractivity contribution in [2.45, 2.75) is 12.8 Å². The van der Waals surface area contributed by atoms with Gasteiger partial charge in [-0.15, -0.1) is 0 Å². The number of hydrogen-bond acceptors (Lipinski definition) is 3. The molecule has 2 amide bonds. The van der Waals surface area contributed by atoms with E-state index >= 15 is 0 Å². The summed E-state index contributed by atoms with van der Waals surface area (Å²) in [5.74, 6) is -0.952. The summed E-state index contributed by atoms with van der Waals surface area (Å²) in [6.45, 7) is 3.89. The van der Waals surface area contributed by atoms with Crippen molar-refractivity contribution in [1.29, 1.82) is 0 Å². The molecule has 0 radical (unpaired) electrons. The number of aliphatic hydroxyl groups is 1. The smallest absolute Gasteiger partial charge is 0.256 e. The van der Waals surface area contributed by atoms with E-state index in [1.165, 1.54) is 7.05 Å². The van der Waals surface area contributed by atoms with E-state index in [9.17, 15) is 9.59 Å². The molecule has 0 unspecified atom stereocenters. The zero-order valence-electron chi connectivity index (χ0n) is 8.30. The first kappa shape index (κ1) is 12.6. The van der Waals surface area contributed by atoms with Crippen molar-refractivity contribution in [2.24, 2.45) is 0 Å². The van der Waals surface area contributed by atoms with E-state index < -0.39 is 11.8 Å². The van der Waals surface area contributed by atoms with Crippen LogP contribution in [0.2, 0.25) is 0 Å². The first-order valence-electron chi connectivity index (χ1n) is 4.43. The summed E-state index contributed by atoms with van der Waals surface area (Å²) in [5, 5.41) is 13.3. The van der Waals surface area contributed by atoms with Gasteiger partial charge >= 0.3 is 0 Å². The van der Waals surface area contributed by atoms with Crippen molar-refractivity contribution >= 4 is 11.8 Å². The van der Waals surface area contributed by atoms with Crippen LogP contribution in [0.15, 0.2) is 12.2 Å². The first-order valence-corrected chi connectivity index (χ1v) is 4.43. The third-order valence-corrected chi connectivity index (χ3v) is 1.65. The fourth-order valence-electron chi connectivity index (χ4n) is 0.799. The van der Waals surface area contributed by atoms with Gasteiger partial charge in [-0.3, -0.25) is 9.59 Å². The third-order valence-electron chi connectivity index (χ3n) is 1.65. The van der Waals surface area contributed by atoms with Crippen LogP contribution in [0.1, 0.15) is 12.8 Å². The van der Waals surface area contributed by atoms with Crippen LogP contribution >= 0.6 is 0 Å². The highest BCUT2D eigenvalue weighted by molar-refractivity contribution is 6.17. The Hall–Kier alpha value is -1.36. The Balaban J connectivity index is 3.74. The van der Waals surface area contributed by atoms with Gasteiger partial charge in [0, 0.05) is 20.2 Å². The van der Waals surface area contributed by atoms with E-state index in [4.69, 9.17) is 5.11 Å². The number of carbonyl (C=O) groups is 2. The van der Waals surface area contributed by atoms with Crippen LogP contribution in [0, 0.1) is 0 Å². The molecule has 0 aliphatic carbocycles. The van der Waals surface area contributed by atoms with Crippen molar-refractivity contribution in [3.05, 3.63) is 12.2 Å². The Kier molecular flexibility index (Phi) is 6.39. The Labute approximate surface area is 83.2 Å². The predicted molar refractivity (Wildman–Crippen MR) is 52.5 cm³/mol. The highest BCUT2D eigenvalue weighted by atomic mass is 16.3. The van der Waals surface area contributed by atoms with Crippen molar-refractivity contribution in [2.75, 3.05) is 20.2 Å². The van der Waals surface area contributed by atoms with E-state index in [1.807, 2.05) is 0 Å². The third kappa shape index (κ3) is 4.61. The number of rotatable bonds is 6. The van der Waals surface area contributed by atoms with Crippen molar-refractivity contribution < 1.29 is 14.7 Å². The molecule has 0 aliphatic rings. The van der Waals surface area contributed by atoms with E-state index in [2.05, 4.69) is 17.2 Å². The molecule has 0 fully saturated rings. The molecule has 0 aromatic heterocycles. The number of hydrogen-bond donors (Lipinski definition) is 3. The van der Waals surface area contributed by atoms with Crippen LogP contribution in [0.5, 0.6) is 0 Å². The molecule has 0 atom stereocenters. The molecule has 5 heteroatoms. The molecular weight excluding hydrogens is 184 g/mol.